The number of nitrogens with zero attached hydrogens (tertiary/aromatic N) is 4. The van der Waals surface area contributed by atoms with Gasteiger partial charge < -0.3 is 5.32 Å². The summed E-state index contributed by atoms with van der Waals surface area (Å²) in [5.41, 5.74) is 5.00. The average molecular weight is 446 g/mol. The Hall–Kier alpha value is -3.52. The number of rotatable bonds is 3. The Labute approximate surface area is 188 Å². The Bertz CT molecular complexity index is 1280. The van der Waals surface area contributed by atoms with Crippen molar-refractivity contribution < 1.29 is 9.18 Å². The number of anilines is 1. The number of halogens is 1. The number of thioether (sulfide) groups is 1. The van der Waals surface area contributed by atoms with E-state index in [4.69, 9.17) is 5.10 Å². The van der Waals surface area contributed by atoms with E-state index >= 15 is 0 Å². The minimum absolute atomic E-state index is 0.133. The molecule has 3 heterocycles. The first-order valence-corrected chi connectivity index (χ1v) is 11.2. The van der Waals surface area contributed by atoms with Gasteiger partial charge in [-0.05, 0) is 37.6 Å². The summed E-state index contributed by atoms with van der Waals surface area (Å²) < 4.78 is 15.2. The van der Waals surface area contributed by atoms with Crippen molar-refractivity contribution in [2.24, 2.45) is 0 Å². The summed E-state index contributed by atoms with van der Waals surface area (Å²) in [6.45, 7) is 3.79. The fourth-order valence-electron chi connectivity index (χ4n) is 3.87. The molecule has 0 spiro atoms. The Morgan fingerprint density at radius 3 is 2.41 bits per heavy atom. The standard InChI is InChI=1S/C24H20FN5OS/c1-14-12-15(2)27-24(26-14)30-23-20(21(29-30)16-6-4-3-5-7-16)22(32-13-19(31)28-23)17-8-10-18(25)11-9-17/h3-12,22H,13H2,1-2H3,(H,28,31)/t22-/m1/s1. The molecule has 8 heteroatoms. The first-order valence-electron chi connectivity index (χ1n) is 10.2. The van der Waals surface area contributed by atoms with Gasteiger partial charge in [0.1, 0.15) is 11.6 Å². The van der Waals surface area contributed by atoms with Crippen molar-refractivity contribution in [3.8, 4) is 17.2 Å². The van der Waals surface area contributed by atoms with Gasteiger partial charge in [0.15, 0.2) is 0 Å². The summed E-state index contributed by atoms with van der Waals surface area (Å²) in [6, 6.07) is 18.1. The van der Waals surface area contributed by atoms with Gasteiger partial charge in [0, 0.05) is 22.5 Å². The van der Waals surface area contributed by atoms with Crippen LogP contribution in [0.15, 0.2) is 60.7 Å². The minimum Gasteiger partial charge on any atom is -0.309 e. The van der Waals surface area contributed by atoms with E-state index in [9.17, 15) is 9.18 Å². The van der Waals surface area contributed by atoms with Crippen LogP contribution in [0.4, 0.5) is 10.2 Å². The van der Waals surface area contributed by atoms with Gasteiger partial charge >= 0.3 is 0 Å². The largest absolute Gasteiger partial charge is 0.309 e. The molecule has 160 valence electrons. The highest BCUT2D eigenvalue weighted by Crippen LogP contribution is 2.46. The SMILES string of the molecule is Cc1cc(C)nc(-n2nc(-c3ccccc3)c3c2NC(=O)CS[C@@H]3c2ccc(F)cc2)n1. The lowest BCUT2D eigenvalue weighted by molar-refractivity contribution is -0.113. The number of aromatic nitrogens is 4. The Morgan fingerprint density at radius 2 is 1.72 bits per heavy atom. The fourth-order valence-corrected chi connectivity index (χ4v) is 5.00. The predicted molar refractivity (Wildman–Crippen MR) is 123 cm³/mol. The summed E-state index contributed by atoms with van der Waals surface area (Å²) in [5, 5.41) is 7.67. The van der Waals surface area contributed by atoms with Crippen molar-refractivity contribution in [3.05, 3.63) is 89.0 Å². The molecule has 0 saturated carbocycles. The molecule has 0 aliphatic carbocycles. The van der Waals surface area contributed by atoms with Gasteiger partial charge in [0.05, 0.1) is 16.7 Å². The molecule has 32 heavy (non-hydrogen) atoms. The van der Waals surface area contributed by atoms with Crippen LogP contribution in [0.25, 0.3) is 17.2 Å². The number of hydrogen-bond donors (Lipinski definition) is 1. The summed E-state index contributed by atoms with van der Waals surface area (Å²) in [6.07, 6.45) is 0. The van der Waals surface area contributed by atoms with Crippen LogP contribution >= 0.6 is 11.8 Å². The zero-order valence-corrected chi connectivity index (χ0v) is 18.4. The molecule has 0 bridgehead atoms. The Morgan fingerprint density at radius 1 is 1.03 bits per heavy atom. The summed E-state index contributed by atoms with van der Waals surface area (Å²) in [4.78, 5) is 21.8. The lowest BCUT2D eigenvalue weighted by atomic mass is 10.00. The van der Waals surface area contributed by atoms with Crippen molar-refractivity contribution in [1.29, 1.82) is 0 Å². The molecule has 2 aromatic carbocycles. The molecule has 4 aromatic rings. The van der Waals surface area contributed by atoms with Crippen LogP contribution in [0.5, 0.6) is 0 Å². The van der Waals surface area contributed by atoms with Crippen LogP contribution < -0.4 is 5.32 Å². The third-order valence-electron chi connectivity index (χ3n) is 5.20. The van der Waals surface area contributed by atoms with Crippen LogP contribution in [-0.2, 0) is 4.79 Å². The summed E-state index contributed by atoms with van der Waals surface area (Å²) >= 11 is 1.49. The molecule has 1 atom stereocenters. The van der Waals surface area contributed by atoms with Crippen molar-refractivity contribution in [2.75, 3.05) is 11.1 Å². The molecule has 1 aliphatic heterocycles. The van der Waals surface area contributed by atoms with Crippen molar-refractivity contribution in [1.82, 2.24) is 19.7 Å². The highest BCUT2D eigenvalue weighted by Gasteiger charge is 2.33. The van der Waals surface area contributed by atoms with Crippen molar-refractivity contribution in [2.45, 2.75) is 19.1 Å². The van der Waals surface area contributed by atoms with Crippen LogP contribution in [-0.4, -0.2) is 31.4 Å². The number of carbonyl (C=O) groups excluding carboxylic acids is 1. The summed E-state index contributed by atoms with van der Waals surface area (Å²) in [7, 11) is 0. The fraction of sp³-hybridized carbons (Fsp3) is 0.167. The number of nitrogens with one attached hydrogen (secondary N) is 1. The number of carbonyl (C=O) groups is 1. The van der Waals surface area contributed by atoms with E-state index in [-0.39, 0.29) is 22.7 Å². The maximum Gasteiger partial charge on any atom is 0.252 e. The zero-order valence-electron chi connectivity index (χ0n) is 17.5. The molecular formula is C24H20FN5OS. The lowest BCUT2D eigenvalue weighted by Gasteiger charge is -2.16. The van der Waals surface area contributed by atoms with Crippen LogP contribution in [0.1, 0.15) is 27.8 Å². The topological polar surface area (TPSA) is 72.7 Å². The first-order chi connectivity index (χ1) is 15.5. The number of benzene rings is 2. The van der Waals surface area contributed by atoms with Gasteiger partial charge in [-0.25, -0.2) is 14.4 Å². The van der Waals surface area contributed by atoms with Crippen molar-refractivity contribution >= 4 is 23.5 Å². The maximum absolute atomic E-state index is 13.6. The van der Waals surface area contributed by atoms with Gasteiger partial charge in [-0.15, -0.1) is 11.8 Å². The molecule has 1 aliphatic rings. The van der Waals surface area contributed by atoms with Crippen molar-refractivity contribution in [3.63, 3.8) is 0 Å². The monoisotopic (exact) mass is 445 g/mol. The lowest BCUT2D eigenvalue weighted by Crippen LogP contribution is -2.17. The third kappa shape index (κ3) is 3.78. The molecule has 1 N–H and O–H groups in total. The second-order valence-corrected chi connectivity index (χ2v) is 8.72. The smallest absolute Gasteiger partial charge is 0.252 e. The third-order valence-corrected chi connectivity index (χ3v) is 6.47. The van der Waals surface area contributed by atoms with Gasteiger partial charge in [-0.1, -0.05) is 42.5 Å². The predicted octanol–water partition coefficient (Wildman–Crippen LogP) is 4.86. The van der Waals surface area contributed by atoms with E-state index in [1.807, 2.05) is 50.2 Å². The maximum atomic E-state index is 13.6. The molecule has 1 amide bonds. The van der Waals surface area contributed by atoms with Crippen LogP contribution in [0.2, 0.25) is 0 Å². The zero-order chi connectivity index (χ0) is 22.2. The minimum atomic E-state index is -0.301. The molecule has 0 unspecified atom stereocenters. The van der Waals surface area contributed by atoms with E-state index in [1.165, 1.54) is 23.9 Å². The second-order valence-electron chi connectivity index (χ2n) is 7.63. The molecule has 2 aromatic heterocycles. The number of fused-ring (bicyclic) bond motifs is 1. The Balaban J connectivity index is 1.80. The van der Waals surface area contributed by atoms with E-state index in [2.05, 4.69) is 15.3 Å². The Kier molecular flexibility index (Phi) is 5.22. The van der Waals surface area contributed by atoms with Gasteiger partial charge in [-0.3, -0.25) is 4.79 Å². The molecule has 0 fully saturated rings. The van der Waals surface area contributed by atoms with E-state index in [0.29, 0.717) is 11.8 Å². The second kappa shape index (κ2) is 8.20. The molecule has 0 radical (unpaired) electrons. The quantitative estimate of drug-likeness (QED) is 0.488. The van der Waals surface area contributed by atoms with Gasteiger partial charge in [0.25, 0.3) is 5.95 Å². The average Bonchev–Trinajstić information content (AvgIpc) is 3.05. The highest BCUT2D eigenvalue weighted by atomic mass is 32.2. The number of hydrogen-bond acceptors (Lipinski definition) is 5. The molecule has 0 saturated heterocycles. The summed E-state index contributed by atoms with van der Waals surface area (Å²) in [5.74, 6) is 0.762. The van der Waals surface area contributed by atoms with Crippen LogP contribution in [0, 0.1) is 19.7 Å². The van der Waals surface area contributed by atoms with E-state index < -0.39 is 0 Å². The first kappa shape index (κ1) is 20.4. The van der Waals surface area contributed by atoms with Gasteiger partial charge in [0.2, 0.25) is 5.91 Å². The highest BCUT2D eigenvalue weighted by molar-refractivity contribution is 8.00. The van der Waals surface area contributed by atoms with E-state index in [0.717, 1.165) is 33.8 Å². The molecule has 6 nitrogen and oxygen atoms in total. The van der Waals surface area contributed by atoms with Gasteiger partial charge in [-0.2, -0.15) is 9.78 Å². The number of amides is 1. The number of aryl methyl sites for hydroxylation is 2. The van der Waals surface area contributed by atoms with E-state index in [1.54, 1.807) is 16.8 Å². The normalized spacial score (nSPS) is 15.7. The molecular weight excluding hydrogens is 425 g/mol. The van der Waals surface area contributed by atoms with Crippen LogP contribution in [0.3, 0.4) is 0 Å². The molecule has 5 rings (SSSR count).